The Kier molecular flexibility index (Phi) is 6.12. The fraction of sp³-hybridized carbons (Fsp3) is 0.350. The molecule has 1 saturated heterocycles. The number of nitrogens with zero attached hydrogens (tertiary/aromatic N) is 2. The molecule has 0 radical (unpaired) electrons. The van der Waals surface area contributed by atoms with Gasteiger partial charge in [0.2, 0.25) is 15.9 Å². The molecule has 0 bridgehead atoms. The first-order valence-corrected chi connectivity index (χ1v) is 10.5. The van der Waals surface area contributed by atoms with E-state index in [1.54, 1.807) is 0 Å². The van der Waals surface area contributed by atoms with Gasteiger partial charge in [0, 0.05) is 31.9 Å². The van der Waals surface area contributed by atoms with Crippen molar-refractivity contribution >= 4 is 21.6 Å². The zero-order valence-electron chi connectivity index (χ0n) is 16.0. The average Bonchev–Trinajstić information content (AvgIpc) is 2.65. The van der Waals surface area contributed by atoms with Crippen molar-refractivity contribution in [2.45, 2.75) is 18.7 Å². The van der Waals surface area contributed by atoms with Crippen LogP contribution in [0, 0.1) is 19.7 Å². The molecule has 0 aromatic heterocycles. The van der Waals surface area contributed by atoms with E-state index in [0.717, 1.165) is 22.9 Å². The number of aryl methyl sites for hydroxylation is 2. The lowest BCUT2D eigenvalue weighted by Crippen LogP contribution is -2.50. The molecule has 0 aliphatic carbocycles. The molecule has 2 aromatic rings. The first kappa shape index (κ1) is 20.4. The molecule has 0 spiro atoms. The van der Waals surface area contributed by atoms with Gasteiger partial charge in [-0.15, -0.1) is 0 Å². The summed E-state index contributed by atoms with van der Waals surface area (Å²) in [4.78, 5) is 14.2. The Hall–Kier alpha value is -2.29. The highest BCUT2D eigenvalue weighted by atomic mass is 32.2. The zero-order valence-corrected chi connectivity index (χ0v) is 16.8. The first-order chi connectivity index (χ1) is 13.3. The number of sulfonamides is 1. The molecule has 1 heterocycles. The Morgan fingerprint density at radius 3 is 2.39 bits per heavy atom. The minimum Gasteiger partial charge on any atom is -0.325 e. The molecule has 6 nitrogen and oxygen atoms in total. The normalized spacial score (nSPS) is 16.1. The summed E-state index contributed by atoms with van der Waals surface area (Å²) in [5, 5.41) is 2.88. The SMILES string of the molecule is Cc1ccc(NC(=O)CN2CCN(S(=O)(=O)c3cccc(F)c3)CC2)cc1C. The monoisotopic (exact) mass is 405 g/mol. The van der Waals surface area contributed by atoms with Crippen molar-refractivity contribution in [1.29, 1.82) is 0 Å². The lowest BCUT2D eigenvalue weighted by Gasteiger charge is -2.33. The number of anilines is 1. The lowest BCUT2D eigenvalue weighted by molar-refractivity contribution is -0.117. The van der Waals surface area contributed by atoms with Gasteiger partial charge in [-0.1, -0.05) is 12.1 Å². The third kappa shape index (κ3) is 4.76. The van der Waals surface area contributed by atoms with Crippen LogP contribution in [0.2, 0.25) is 0 Å². The van der Waals surface area contributed by atoms with E-state index < -0.39 is 15.8 Å². The second kappa shape index (κ2) is 8.38. The standard InChI is InChI=1S/C20H24FN3O3S/c1-15-6-7-18(12-16(15)2)22-20(25)14-23-8-10-24(11-9-23)28(26,27)19-5-3-4-17(21)13-19/h3-7,12-13H,8-11,14H2,1-2H3,(H,22,25). The van der Waals surface area contributed by atoms with E-state index in [9.17, 15) is 17.6 Å². The van der Waals surface area contributed by atoms with Gasteiger partial charge in [0.05, 0.1) is 11.4 Å². The number of halogens is 1. The molecule has 1 amide bonds. The number of carbonyl (C=O) groups excluding carboxylic acids is 1. The molecule has 1 N–H and O–H groups in total. The summed E-state index contributed by atoms with van der Waals surface area (Å²) >= 11 is 0. The Morgan fingerprint density at radius 1 is 1.04 bits per heavy atom. The highest BCUT2D eigenvalue weighted by Gasteiger charge is 2.29. The lowest BCUT2D eigenvalue weighted by atomic mass is 10.1. The molecule has 150 valence electrons. The number of carbonyl (C=O) groups is 1. The van der Waals surface area contributed by atoms with Crippen LogP contribution in [-0.4, -0.2) is 56.3 Å². The number of rotatable bonds is 5. The minimum absolute atomic E-state index is 0.0477. The van der Waals surface area contributed by atoms with Crippen LogP contribution in [0.5, 0.6) is 0 Å². The van der Waals surface area contributed by atoms with E-state index in [2.05, 4.69) is 5.32 Å². The van der Waals surface area contributed by atoms with Gasteiger partial charge in [0.1, 0.15) is 5.82 Å². The molecule has 3 rings (SSSR count). The van der Waals surface area contributed by atoms with Crippen LogP contribution in [-0.2, 0) is 14.8 Å². The van der Waals surface area contributed by atoms with Gasteiger partial charge < -0.3 is 5.32 Å². The third-order valence-corrected chi connectivity index (χ3v) is 6.82. The molecule has 1 aliphatic heterocycles. The summed E-state index contributed by atoms with van der Waals surface area (Å²) in [6.45, 7) is 5.59. The molecule has 2 aromatic carbocycles. The van der Waals surface area contributed by atoms with E-state index in [4.69, 9.17) is 0 Å². The maximum atomic E-state index is 13.4. The smallest absolute Gasteiger partial charge is 0.243 e. The maximum Gasteiger partial charge on any atom is 0.243 e. The van der Waals surface area contributed by atoms with Crippen molar-refractivity contribution in [2.24, 2.45) is 0 Å². The van der Waals surface area contributed by atoms with Crippen LogP contribution in [0.4, 0.5) is 10.1 Å². The number of hydrogen-bond donors (Lipinski definition) is 1. The van der Waals surface area contributed by atoms with E-state index in [1.807, 2.05) is 36.9 Å². The maximum absolute atomic E-state index is 13.4. The van der Waals surface area contributed by atoms with E-state index in [-0.39, 0.29) is 30.4 Å². The molecule has 0 saturated carbocycles. The van der Waals surface area contributed by atoms with Crippen molar-refractivity contribution in [3.05, 3.63) is 59.4 Å². The molecule has 0 atom stereocenters. The Balaban J connectivity index is 1.55. The Bertz CT molecular complexity index is 970. The van der Waals surface area contributed by atoms with Crippen molar-refractivity contribution < 1.29 is 17.6 Å². The summed E-state index contributed by atoms with van der Waals surface area (Å²) in [6.07, 6.45) is 0. The highest BCUT2D eigenvalue weighted by molar-refractivity contribution is 7.89. The van der Waals surface area contributed by atoms with Crippen molar-refractivity contribution in [1.82, 2.24) is 9.21 Å². The molecule has 1 fully saturated rings. The van der Waals surface area contributed by atoms with Crippen LogP contribution in [0.3, 0.4) is 0 Å². The molecule has 0 unspecified atom stereocenters. The summed E-state index contributed by atoms with van der Waals surface area (Å²) in [7, 11) is -3.73. The summed E-state index contributed by atoms with van der Waals surface area (Å²) < 4.78 is 40.0. The van der Waals surface area contributed by atoms with Gasteiger partial charge in [0.15, 0.2) is 0 Å². The van der Waals surface area contributed by atoms with Gasteiger partial charge in [-0.3, -0.25) is 9.69 Å². The molecular weight excluding hydrogens is 381 g/mol. The van der Waals surface area contributed by atoms with Gasteiger partial charge >= 0.3 is 0 Å². The van der Waals surface area contributed by atoms with Gasteiger partial charge in [0.25, 0.3) is 0 Å². The number of benzene rings is 2. The quantitative estimate of drug-likeness (QED) is 0.829. The van der Waals surface area contributed by atoms with Crippen LogP contribution < -0.4 is 5.32 Å². The van der Waals surface area contributed by atoms with Crippen molar-refractivity contribution in [3.63, 3.8) is 0 Å². The zero-order chi connectivity index (χ0) is 20.3. The average molecular weight is 405 g/mol. The summed E-state index contributed by atoms with van der Waals surface area (Å²) in [5.74, 6) is -0.715. The molecule has 8 heteroatoms. The van der Waals surface area contributed by atoms with Crippen LogP contribution in [0.1, 0.15) is 11.1 Å². The number of amides is 1. The van der Waals surface area contributed by atoms with Crippen molar-refractivity contribution in [3.8, 4) is 0 Å². The van der Waals surface area contributed by atoms with Crippen LogP contribution in [0.15, 0.2) is 47.4 Å². The fourth-order valence-electron chi connectivity index (χ4n) is 3.13. The highest BCUT2D eigenvalue weighted by Crippen LogP contribution is 2.19. The second-order valence-electron chi connectivity index (χ2n) is 6.98. The Labute approximate surface area is 165 Å². The van der Waals surface area contributed by atoms with E-state index in [0.29, 0.717) is 13.1 Å². The van der Waals surface area contributed by atoms with Gasteiger partial charge in [-0.25, -0.2) is 12.8 Å². The molecular formula is C20H24FN3O3S. The van der Waals surface area contributed by atoms with Gasteiger partial charge in [-0.2, -0.15) is 4.31 Å². The number of piperazine rings is 1. The predicted molar refractivity (Wildman–Crippen MR) is 106 cm³/mol. The number of hydrogen-bond acceptors (Lipinski definition) is 4. The third-order valence-electron chi connectivity index (χ3n) is 4.92. The summed E-state index contributed by atoms with van der Waals surface area (Å²) in [6, 6.07) is 10.8. The van der Waals surface area contributed by atoms with E-state index >= 15 is 0 Å². The largest absolute Gasteiger partial charge is 0.325 e. The first-order valence-electron chi connectivity index (χ1n) is 9.11. The molecule has 1 aliphatic rings. The fourth-order valence-corrected chi connectivity index (χ4v) is 4.58. The van der Waals surface area contributed by atoms with Crippen LogP contribution in [0.25, 0.3) is 0 Å². The van der Waals surface area contributed by atoms with Crippen LogP contribution >= 0.6 is 0 Å². The predicted octanol–water partition coefficient (Wildman–Crippen LogP) is 2.39. The van der Waals surface area contributed by atoms with Gasteiger partial charge in [-0.05, 0) is 55.3 Å². The topological polar surface area (TPSA) is 69.7 Å². The second-order valence-corrected chi connectivity index (χ2v) is 8.92. The Morgan fingerprint density at radius 2 is 1.75 bits per heavy atom. The van der Waals surface area contributed by atoms with Crippen molar-refractivity contribution in [2.75, 3.05) is 38.0 Å². The molecule has 28 heavy (non-hydrogen) atoms. The van der Waals surface area contributed by atoms with E-state index in [1.165, 1.54) is 22.5 Å². The number of nitrogens with one attached hydrogen (secondary N) is 1. The minimum atomic E-state index is -3.73. The summed E-state index contributed by atoms with van der Waals surface area (Å²) in [5.41, 5.74) is 3.02.